The lowest BCUT2D eigenvalue weighted by Crippen LogP contribution is -2.33. The molecule has 6 nitrogen and oxygen atoms in total. The molecule has 1 atom stereocenters. The van der Waals surface area contributed by atoms with Gasteiger partial charge in [-0.2, -0.15) is 5.10 Å². The number of hydrogen-bond donors (Lipinski definition) is 1. The second-order valence-electron chi connectivity index (χ2n) is 7.41. The van der Waals surface area contributed by atoms with E-state index in [0.717, 1.165) is 35.1 Å². The fraction of sp³-hybridized carbons (Fsp3) is 0.450. The second kappa shape index (κ2) is 6.68. The number of likely N-dealkylation sites (tertiary alicyclic amines) is 1. The van der Waals surface area contributed by atoms with Crippen LogP contribution in [-0.2, 0) is 0 Å². The molecule has 0 amide bonds. The van der Waals surface area contributed by atoms with Gasteiger partial charge in [0.25, 0.3) is 0 Å². The molecule has 1 saturated carbocycles. The van der Waals surface area contributed by atoms with E-state index in [-0.39, 0.29) is 0 Å². The number of nitrogens with one attached hydrogen (secondary N) is 1. The smallest absolute Gasteiger partial charge is 0.168 e. The third-order valence-electron chi connectivity index (χ3n) is 5.77. The SMILES string of the molecule is c1ccc(-n2ncc3c(NC4CCN(C5CCCC5)C4)ncnc32)cc1. The molecule has 0 spiro atoms. The van der Waals surface area contributed by atoms with E-state index >= 15 is 0 Å². The maximum absolute atomic E-state index is 4.54. The fourth-order valence-corrected chi connectivity index (χ4v) is 4.42. The average molecular weight is 348 g/mol. The van der Waals surface area contributed by atoms with E-state index in [1.54, 1.807) is 6.33 Å². The quantitative estimate of drug-likeness (QED) is 0.784. The third kappa shape index (κ3) is 2.84. The molecule has 0 radical (unpaired) electrons. The molecule has 0 bridgehead atoms. The summed E-state index contributed by atoms with van der Waals surface area (Å²) in [4.78, 5) is 11.6. The van der Waals surface area contributed by atoms with E-state index in [4.69, 9.17) is 0 Å². The van der Waals surface area contributed by atoms with Gasteiger partial charge in [-0.3, -0.25) is 4.90 Å². The molecule has 6 heteroatoms. The zero-order valence-electron chi connectivity index (χ0n) is 14.9. The summed E-state index contributed by atoms with van der Waals surface area (Å²) in [7, 11) is 0. The van der Waals surface area contributed by atoms with Crippen molar-refractivity contribution in [2.75, 3.05) is 18.4 Å². The fourth-order valence-electron chi connectivity index (χ4n) is 4.42. The van der Waals surface area contributed by atoms with Crippen molar-refractivity contribution in [1.29, 1.82) is 0 Å². The lowest BCUT2D eigenvalue weighted by Gasteiger charge is -2.23. The molecule has 1 unspecified atom stereocenters. The van der Waals surface area contributed by atoms with Crippen molar-refractivity contribution < 1.29 is 0 Å². The first-order valence-corrected chi connectivity index (χ1v) is 9.63. The Morgan fingerprint density at radius 1 is 1.00 bits per heavy atom. The molecule has 2 fully saturated rings. The Bertz CT molecular complexity index is 884. The molecule has 1 aliphatic heterocycles. The van der Waals surface area contributed by atoms with Crippen LogP contribution in [0.25, 0.3) is 16.7 Å². The zero-order chi connectivity index (χ0) is 17.3. The highest BCUT2D eigenvalue weighted by atomic mass is 15.3. The van der Waals surface area contributed by atoms with Gasteiger partial charge in [0.15, 0.2) is 5.65 Å². The van der Waals surface area contributed by atoms with Gasteiger partial charge in [0.05, 0.1) is 17.3 Å². The first-order valence-electron chi connectivity index (χ1n) is 9.63. The monoisotopic (exact) mass is 348 g/mol. The number of para-hydroxylation sites is 1. The van der Waals surface area contributed by atoms with Crippen molar-refractivity contribution in [3.8, 4) is 5.69 Å². The number of anilines is 1. The van der Waals surface area contributed by atoms with Crippen LogP contribution in [0.1, 0.15) is 32.1 Å². The van der Waals surface area contributed by atoms with Gasteiger partial charge < -0.3 is 5.32 Å². The minimum atomic E-state index is 0.453. The molecule has 1 N–H and O–H groups in total. The molecule has 3 aromatic rings. The molecule has 26 heavy (non-hydrogen) atoms. The van der Waals surface area contributed by atoms with E-state index < -0.39 is 0 Å². The Labute approximate surface area is 153 Å². The number of fused-ring (bicyclic) bond motifs is 1. The number of aromatic nitrogens is 4. The summed E-state index contributed by atoms with van der Waals surface area (Å²) in [5, 5.41) is 9.18. The predicted octanol–water partition coefficient (Wildman–Crippen LogP) is 3.24. The van der Waals surface area contributed by atoms with Gasteiger partial charge in [0.2, 0.25) is 0 Å². The molecule has 2 aliphatic rings. The molecule has 134 valence electrons. The summed E-state index contributed by atoms with van der Waals surface area (Å²) in [5.74, 6) is 0.899. The maximum Gasteiger partial charge on any atom is 0.168 e. The van der Waals surface area contributed by atoms with Crippen LogP contribution in [0.5, 0.6) is 0 Å². The topological polar surface area (TPSA) is 58.9 Å². The highest BCUT2D eigenvalue weighted by Crippen LogP contribution is 2.28. The number of benzene rings is 1. The summed E-state index contributed by atoms with van der Waals surface area (Å²) < 4.78 is 1.88. The van der Waals surface area contributed by atoms with Crippen molar-refractivity contribution in [2.24, 2.45) is 0 Å². The first-order chi connectivity index (χ1) is 12.9. The average Bonchev–Trinajstić information content (AvgIpc) is 3.43. The summed E-state index contributed by atoms with van der Waals surface area (Å²) >= 11 is 0. The number of nitrogens with zero attached hydrogens (tertiary/aromatic N) is 5. The summed E-state index contributed by atoms with van der Waals surface area (Å²) in [5.41, 5.74) is 1.86. The van der Waals surface area contributed by atoms with Gasteiger partial charge in [-0.1, -0.05) is 31.0 Å². The molecule has 2 aromatic heterocycles. The largest absolute Gasteiger partial charge is 0.365 e. The Morgan fingerprint density at radius 3 is 2.69 bits per heavy atom. The van der Waals surface area contributed by atoms with Crippen molar-refractivity contribution >= 4 is 16.9 Å². The van der Waals surface area contributed by atoms with Crippen molar-refractivity contribution in [3.05, 3.63) is 42.9 Å². The van der Waals surface area contributed by atoms with Crippen LogP contribution in [0, 0.1) is 0 Å². The van der Waals surface area contributed by atoms with E-state index in [9.17, 15) is 0 Å². The zero-order valence-corrected chi connectivity index (χ0v) is 14.9. The van der Waals surface area contributed by atoms with Crippen LogP contribution in [0.15, 0.2) is 42.9 Å². The highest BCUT2D eigenvalue weighted by Gasteiger charge is 2.30. The molecule has 1 aliphatic carbocycles. The van der Waals surface area contributed by atoms with Crippen molar-refractivity contribution in [2.45, 2.75) is 44.2 Å². The summed E-state index contributed by atoms with van der Waals surface area (Å²) in [6.45, 7) is 2.31. The maximum atomic E-state index is 4.54. The number of rotatable bonds is 4. The standard InChI is InChI=1S/C20H24N6/c1-2-8-17(9-3-1)26-20-18(12-23-26)19(21-14-22-20)24-15-10-11-25(13-15)16-6-4-5-7-16/h1-3,8-9,12,14-16H,4-7,10-11,13H2,(H,21,22,24). The van der Waals surface area contributed by atoms with Crippen LogP contribution < -0.4 is 5.32 Å². The first kappa shape index (κ1) is 15.8. The van der Waals surface area contributed by atoms with Crippen LogP contribution in [0.2, 0.25) is 0 Å². The molecular formula is C20H24N6. The van der Waals surface area contributed by atoms with E-state index in [1.165, 1.54) is 38.6 Å². The Morgan fingerprint density at radius 2 is 1.85 bits per heavy atom. The van der Waals surface area contributed by atoms with E-state index in [2.05, 4.69) is 25.3 Å². The predicted molar refractivity (Wildman–Crippen MR) is 103 cm³/mol. The lowest BCUT2D eigenvalue weighted by atomic mass is 10.2. The van der Waals surface area contributed by atoms with Crippen molar-refractivity contribution in [1.82, 2.24) is 24.6 Å². The Hall–Kier alpha value is -2.47. The molecule has 5 rings (SSSR count). The summed E-state index contributed by atoms with van der Waals surface area (Å²) in [6.07, 6.45) is 10.2. The minimum absolute atomic E-state index is 0.453. The molecular weight excluding hydrogens is 324 g/mol. The minimum Gasteiger partial charge on any atom is -0.365 e. The highest BCUT2D eigenvalue weighted by molar-refractivity contribution is 5.87. The molecule has 1 aromatic carbocycles. The normalized spacial score (nSPS) is 21.6. The van der Waals surface area contributed by atoms with Gasteiger partial charge >= 0.3 is 0 Å². The lowest BCUT2D eigenvalue weighted by molar-refractivity contribution is 0.245. The summed E-state index contributed by atoms with van der Waals surface area (Å²) in [6, 6.07) is 11.4. The van der Waals surface area contributed by atoms with E-state index in [1.807, 2.05) is 41.2 Å². The van der Waals surface area contributed by atoms with E-state index in [0.29, 0.717) is 6.04 Å². The van der Waals surface area contributed by atoms with Crippen molar-refractivity contribution in [3.63, 3.8) is 0 Å². The second-order valence-corrected chi connectivity index (χ2v) is 7.41. The van der Waals surface area contributed by atoms with Crippen LogP contribution >= 0.6 is 0 Å². The Kier molecular flexibility index (Phi) is 4.05. The molecule has 3 heterocycles. The van der Waals surface area contributed by atoms with Crippen LogP contribution in [0.3, 0.4) is 0 Å². The third-order valence-corrected chi connectivity index (χ3v) is 5.77. The van der Waals surface area contributed by atoms with Gasteiger partial charge in [-0.25, -0.2) is 14.6 Å². The Balaban J connectivity index is 1.37. The van der Waals surface area contributed by atoms with Gasteiger partial charge in [-0.15, -0.1) is 0 Å². The van der Waals surface area contributed by atoms with Gasteiger partial charge in [0.1, 0.15) is 12.1 Å². The number of hydrogen-bond acceptors (Lipinski definition) is 5. The van der Waals surface area contributed by atoms with Gasteiger partial charge in [-0.05, 0) is 31.4 Å². The molecule has 1 saturated heterocycles. The van der Waals surface area contributed by atoms with Crippen LogP contribution in [0.4, 0.5) is 5.82 Å². The van der Waals surface area contributed by atoms with Gasteiger partial charge in [0, 0.05) is 25.2 Å². The van der Waals surface area contributed by atoms with Crippen LogP contribution in [-0.4, -0.2) is 49.8 Å².